The zero-order chi connectivity index (χ0) is 13.1. The van der Waals surface area contributed by atoms with Crippen molar-refractivity contribution in [3.05, 3.63) is 29.6 Å². The van der Waals surface area contributed by atoms with Crippen LogP contribution in [0, 0.1) is 5.82 Å². The van der Waals surface area contributed by atoms with Crippen molar-refractivity contribution in [2.24, 2.45) is 0 Å². The molecule has 0 aromatic heterocycles. The number of anilines is 1. The summed E-state index contributed by atoms with van der Waals surface area (Å²) < 4.78 is 18.6. The summed E-state index contributed by atoms with van der Waals surface area (Å²) in [5, 5.41) is 2.93. The summed E-state index contributed by atoms with van der Waals surface area (Å²) in [6, 6.07) is 4.60. The van der Waals surface area contributed by atoms with E-state index >= 15 is 0 Å². The van der Waals surface area contributed by atoms with Gasteiger partial charge in [0.1, 0.15) is 11.4 Å². The van der Waals surface area contributed by atoms with Crippen molar-refractivity contribution in [1.82, 2.24) is 0 Å². The Morgan fingerprint density at radius 1 is 1.47 bits per heavy atom. The van der Waals surface area contributed by atoms with Gasteiger partial charge in [-0.1, -0.05) is 22.0 Å². The van der Waals surface area contributed by atoms with Gasteiger partial charge in [-0.05, 0) is 38.5 Å². The summed E-state index contributed by atoms with van der Waals surface area (Å²) in [4.78, 5) is 11.4. The lowest BCUT2D eigenvalue weighted by Gasteiger charge is -2.19. The van der Waals surface area contributed by atoms with Crippen LogP contribution in [-0.2, 0) is 10.1 Å². The van der Waals surface area contributed by atoms with Gasteiger partial charge in [0.15, 0.2) is 0 Å². The maximum absolute atomic E-state index is 13.5. The molecular weight excluding hydrogens is 289 g/mol. The third-order valence-corrected chi connectivity index (χ3v) is 2.47. The average molecular weight is 304 g/mol. The van der Waals surface area contributed by atoms with E-state index in [4.69, 9.17) is 4.74 Å². The molecule has 0 aliphatic carbocycles. The first kappa shape index (κ1) is 14.0. The van der Waals surface area contributed by atoms with Crippen LogP contribution in [0.3, 0.4) is 0 Å². The Hall–Kier alpha value is -1.10. The van der Waals surface area contributed by atoms with Crippen LogP contribution in [0.5, 0.6) is 0 Å². The number of benzene rings is 1. The van der Waals surface area contributed by atoms with Gasteiger partial charge in [0.05, 0.1) is 5.69 Å². The highest BCUT2D eigenvalue weighted by Gasteiger charge is 2.17. The fourth-order valence-corrected chi connectivity index (χ4v) is 1.51. The first-order valence-corrected chi connectivity index (χ1v) is 6.28. The quantitative estimate of drug-likeness (QED) is 0.837. The molecule has 0 fully saturated rings. The van der Waals surface area contributed by atoms with Crippen molar-refractivity contribution < 1.29 is 13.9 Å². The van der Waals surface area contributed by atoms with Gasteiger partial charge >= 0.3 is 6.09 Å². The maximum Gasteiger partial charge on any atom is 0.412 e. The topological polar surface area (TPSA) is 38.3 Å². The summed E-state index contributed by atoms with van der Waals surface area (Å²) in [5.41, 5.74) is 0.317. The summed E-state index contributed by atoms with van der Waals surface area (Å²) in [6.45, 7) is 5.24. The summed E-state index contributed by atoms with van der Waals surface area (Å²) in [7, 11) is 0. The lowest BCUT2D eigenvalue weighted by Crippen LogP contribution is -2.27. The van der Waals surface area contributed by atoms with Crippen LogP contribution in [0.4, 0.5) is 14.9 Å². The number of halogens is 2. The molecule has 0 heterocycles. The molecule has 1 amide bonds. The Kier molecular flexibility index (Phi) is 4.51. The molecule has 0 aliphatic rings. The zero-order valence-corrected chi connectivity index (χ0v) is 11.6. The van der Waals surface area contributed by atoms with Crippen LogP contribution in [0.2, 0.25) is 0 Å². The predicted molar refractivity (Wildman–Crippen MR) is 68.9 cm³/mol. The Morgan fingerprint density at radius 2 is 2.12 bits per heavy atom. The lowest BCUT2D eigenvalue weighted by atomic mass is 10.2. The highest BCUT2D eigenvalue weighted by atomic mass is 79.9. The second kappa shape index (κ2) is 5.49. The van der Waals surface area contributed by atoms with Gasteiger partial charge in [0.2, 0.25) is 0 Å². The van der Waals surface area contributed by atoms with E-state index in [1.54, 1.807) is 26.8 Å². The predicted octanol–water partition coefficient (Wildman–Crippen LogP) is 4.07. The zero-order valence-electron chi connectivity index (χ0n) is 10.0. The highest BCUT2D eigenvalue weighted by molar-refractivity contribution is 9.08. The number of hydrogen-bond donors (Lipinski definition) is 1. The molecule has 0 bridgehead atoms. The summed E-state index contributed by atoms with van der Waals surface area (Å²) in [6.07, 6.45) is -0.664. The van der Waals surface area contributed by atoms with Crippen molar-refractivity contribution in [3.63, 3.8) is 0 Å². The van der Waals surface area contributed by atoms with Crippen molar-refractivity contribution in [2.75, 3.05) is 5.32 Å². The molecule has 3 nitrogen and oxygen atoms in total. The minimum Gasteiger partial charge on any atom is -0.444 e. The molecule has 0 saturated carbocycles. The highest BCUT2D eigenvalue weighted by Crippen LogP contribution is 2.18. The average Bonchev–Trinajstić information content (AvgIpc) is 2.18. The molecular formula is C12H15BrFNO2. The molecule has 0 aliphatic heterocycles. The van der Waals surface area contributed by atoms with Gasteiger partial charge in [-0.25, -0.2) is 9.18 Å². The Balaban J connectivity index is 2.72. The molecule has 0 radical (unpaired) electrons. The van der Waals surface area contributed by atoms with Crippen molar-refractivity contribution >= 4 is 27.7 Å². The summed E-state index contributed by atoms with van der Waals surface area (Å²) in [5.74, 6) is -0.479. The first-order valence-electron chi connectivity index (χ1n) is 5.16. The van der Waals surface area contributed by atoms with Gasteiger partial charge in [0, 0.05) is 5.33 Å². The standard InChI is InChI=1S/C12H15BrFNO2/c1-12(2,3)17-11(16)15-10-5-4-8(7-13)6-9(10)14/h4-6H,7H2,1-3H3,(H,15,16). The molecule has 94 valence electrons. The Morgan fingerprint density at radius 3 is 2.59 bits per heavy atom. The van der Waals surface area contributed by atoms with Gasteiger partial charge in [-0.3, -0.25) is 5.32 Å². The van der Waals surface area contributed by atoms with E-state index in [2.05, 4.69) is 21.2 Å². The van der Waals surface area contributed by atoms with Crippen LogP contribution in [0.25, 0.3) is 0 Å². The van der Waals surface area contributed by atoms with E-state index in [1.165, 1.54) is 12.1 Å². The molecule has 1 aromatic rings. The Bertz CT molecular complexity index is 415. The molecule has 1 rings (SSSR count). The molecule has 5 heteroatoms. The third kappa shape index (κ3) is 4.73. The van der Waals surface area contributed by atoms with Gasteiger partial charge in [0.25, 0.3) is 0 Å². The first-order chi connectivity index (χ1) is 7.81. The number of ether oxygens (including phenoxy) is 1. The molecule has 0 saturated heterocycles. The third-order valence-electron chi connectivity index (χ3n) is 1.82. The number of alkyl halides is 1. The molecule has 17 heavy (non-hydrogen) atoms. The Labute approximate surface area is 108 Å². The van der Waals surface area contributed by atoms with Crippen molar-refractivity contribution in [3.8, 4) is 0 Å². The molecule has 0 spiro atoms. The van der Waals surface area contributed by atoms with Crippen LogP contribution in [0.15, 0.2) is 18.2 Å². The number of carbonyl (C=O) groups is 1. The van der Waals surface area contributed by atoms with E-state index in [0.29, 0.717) is 5.33 Å². The van der Waals surface area contributed by atoms with Gasteiger partial charge < -0.3 is 4.74 Å². The number of nitrogens with one attached hydrogen (secondary N) is 1. The lowest BCUT2D eigenvalue weighted by molar-refractivity contribution is 0.0635. The fourth-order valence-electron chi connectivity index (χ4n) is 1.16. The van der Waals surface area contributed by atoms with Gasteiger partial charge in [-0.15, -0.1) is 0 Å². The van der Waals surface area contributed by atoms with Gasteiger partial charge in [-0.2, -0.15) is 0 Å². The van der Waals surface area contributed by atoms with Crippen LogP contribution >= 0.6 is 15.9 Å². The monoisotopic (exact) mass is 303 g/mol. The molecule has 1 aromatic carbocycles. The molecule has 0 atom stereocenters. The minimum atomic E-state index is -0.664. The maximum atomic E-state index is 13.5. The molecule has 0 unspecified atom stereocenters. The van der Waals surface area contributed by atoms with E-state index in [1.807, 2.05) is 0 Å². The number of rotatable bonds is 2. The SMILES string of the molecule is CC(C)(C)OC(=O)Nc1ccc(CBr)cc1F. The smallest absolute Gasteiger partial charge is 0.412 e. The van der Waals surface area contributed by atoms with Crippen LogP contribution in [-0.4, -0.2) is 11.7 Å². The largest absolute Gasteiger partial charge is 0.444 e. The van der Waals surface area contributed by atoms with E-state index in [0.717, 1.165) is 5.56 Å². The second-order valence-electron chi connectivity index (χ2n) is 4.57. The normalized spacial score (nSPS) is 11.1. The van der Waals surface area contributed by atoms with E-state index in [-0.39, 0.29) is 5.69 Å². The van der Waals surface area contributed by atoms with Crippen LogP contribution in [0.1, 0.15) is 26.3 Å². The summed E-state index contributed by atoms with van der Waals surface area (Å²) >= 11 is 3.23. The second-order valence-corrected chi connectivity index (χ2v) is 5.14. The van der Waals surface area contributed by atoms with E-state index < -0.39 is 17.5 Å². The molecule has 1 N–H and O–H groups in total. The van der Waals surface area contributed by atoms with E-state index in [9.17, 15) is 9.18 Å². The van der Waals surface area contributed by atoms with Crippen LogP contribution < -0.4 is 5.32 Å². The van der Waals surface area contributed by atoms with Crippen molar-refractivity contribution in [1.29, 1.82) is 0 Å². The minimum absolute atomic E-state index is 0.115. The number of carbonyl (C=O) groups excluding carboxylic acids is 1. The fraction of sp³-hybridized carbons (Fsp3) is 0.417. The van der Waals surface area contributed by atoms with Crippen molar-refractivity contribution in [2.45, 2.75) is 31.7 Å². The number of hydrogen-bond acceptors (Lipinski definition) is 2. The number of amides is 1.